The van der Waals surface area contributed by atoms with E-state index in [1.54, 1.807) is 30.5 Å². The van der Waals surface area contributed by atoms with Gasteiger partial charge in [0.15, 0.2) is 0 Å². The highest BCUT2D eigenvalue weighted by Gasteiger charge is 2.15. The van der Waals surface area contributed by atoms with Gasteiger partial charge in [0.25, 0.3) is 5.69 Å². The van der Waals surface area contributed by atoms with E-state index in [1.807, 2.05) is 0 Å². The molecular weight excluding hydrogens is 314 g/mol. The quantitative estimate of drug-likeness (QED) is 0.690. The molecule has 0 fully saturated rings. The first-order valence-electron chi connectivity index (χ1n) is 5.34. The second-order valence-corrected chi connectivity index (χ2v) is 4.51. The lowest BCUT2D eigenvalue weighted by Gasteiger charge is -2.08. The maximum absolute atomic E-state index is 10.8. The minimum Gasteiger partial charge on any atom is -0.486 e. The van der Waals surface area contributed by atoms with Crippen LogP contribution in [0.4, 0.5) is 11.4 Å². The summed E-state index contributed by atoms with van der Waals surface area (Å²) in [4.78, 5) is 14.4. The molecule has 0 atom stereocenters. The van der Waals surface area contributed by atoms with Crippen molar-refractivity contribution < 1.29 is 9.66 Å². The Morgan fingerprint density at radius 1 is 1.42 bits per heavy atom. The lowest BCUT2D eigenvalue weighted by Crippen LogP contribution is -2.00. The fraction of sp³-hybridized carbons (Fsp3) is 0.0833. The highest BCUT2D eigenvalue weighted by Crippen LogP contribution is 2.34. The van der Waals surface area contributed by atoms with Crippen LogP contribution >= 0.6 is 15.9 Å². The molecule has 0 saturated carbocycles. The molecule has 6 nitrogen and oxygen atoms in total. The Hall–Kier alpha value is -2.15. The van der Waals surface area contributed by atoms with E-state index in [4.69, 9.17) is 10.5 Å². The molecule has 2 aromatic rings. The van der Waals surface area contributed by atoms with Gasteiger partial charge in [-0.1, -0.05) is 6.07 Å². The van der Waals surface area contributed by atoms with Crippen molar-refractivity contribution in [2.24, 2.45) is 0 Å². The average Bonchev–Trinajstić information content (AvgIpc) is 2.37. The molecule has 0 amide bonds. The number of nitrogens with two attached hydrogens (primary N) is 1. The summed E-state index contributed by atoms with van der Waals surface area (Å²) < 4.78 is 5.81. The largest absolute Gasteiger partial charge is 0.486 e. The Kier molecular flexibility index (Phi) is 3.96. The van der Waals surface area contributed by atoms with Gasteiger partial charge in [-0.3, -0.25) is 15.1 Å². The molecule has 0 bridgehead atoms. The highest BCUT2D eigenvalue weighted by atomic mass is 79.9. The predicted octanol–water partition coefficient (Wildman–Crippen LogP) is 2.91. The lowest BCUT2D eigenvalue weighted by molar-refractivity contribution is -0.385. The molecule has 1 aromatic carbocycles. The van der Waals surface area contributed by atoms with Gasteiger partial charge in [0, 0.05) is 18.0 Å². The Bertz CT molecular complexity index is 619. The van der Waals surface area contributed by atoms with E-state index in [9.17, 15) is 10.1 Å². The minimum absolute atomic E-state index is 0.0435. The molecule has 0 aliphatic carbocycles. The number of benzene rings is 1. The Morgan fingerprint density at radius 2 is 2.21 bits per heavy atom. The van der Waals surface area contributed by atoms with Crippen molar-refractivity contribution in [3.63, 3.8) is 0 Å². The zero-order valence-corrected chi connectivity index (χ0v) is 11.3. The Morgan fingerprint density at radius 3 is 2.89 bits per heavy atom. The third-order valence-corrected chi connectivity index (χ3v) is 3.15. The standard InChI is InChI=1S/C12H10BrN3O3/c13-12-10(16(17)18)2-1-3-11(12)19-7-9-6-8(14)4-5-15-9/h1-6H,7H2,(H2,14,15). The molecule has 98 valence electrons. The lowest BCUT2D eigenvalue weighted by atomic mass is 10.3. The molecule has 7 heteroatoms. The summed E-state index contributed by atoms with van der Waals surface area (Å²) >= 11 is 3.16. The van der Waals surface area contributed by atoms with E-state index < -0.39 is 4.92 Å². The van der Waals surface area contributed by atoms with Crippen LogP contribution in [-0.2, 0) is 6.61 Å². The van der Waals surface area contributed by atoms with Gasteiger partial charge in [-0.2, -0.15) is 0 Å². The Labute approximate surface area is 117 Å². The van der Waals surface area contributed by atoms with Crippen LogP contribution in [-0.4, -0.2) is 9.91 Å². The number of hydrogen-bond acceptors (Lipinski definition) is 5. The van der Waals surface area contributed by atoms with Crippen molar-refractivity contribution >= 4 is 27.3 Å². The number of anilines is 1. The molecule has 2 N–H and O–H groups in total. The van der Waals surface area contributed by atoms with E-state index in [1.165, 1.54) is 6.07 Å². The van der Waals surface area contributed by atoms with Crippen LogP contribution in [0.2, 0.25) is 0 Å². The third kappa shape index (κ3) is 3.19. The summed E-state index contributed by atoms with van der Waals surface area (Å²) in [6.07, 6.45) is 1.58. The topological polar surface area (TPSA) is 91.3 Å². The van der Waals surface area contributed by atoms with Crippen molar-refractivity contribution in [2.75, 3.05) is 5.73 Å². The van der Waals surface area contributed by atoms with Gasteiger partial charge in [-0.05, 0) is 34.1 Å². The van der Waals surface area contributed by atoms with Crippen LogP contribution in [0.25, 0.3) is 0 Å². The van der Waals surface area contributed by atoms with Crippen LogP contribution in [0, 0.1) is 10.1 Å². The van der Waals surface area contributed by atoms with Gasteiger partial charge in [-0.15, -0.1) is 0 Å². The molecule has 1 heterocycles. The zero-order chi connectivity index (χ0) is 13.8. The molecule has 0 unspecified atom stereocenters. The summed E-state index contributed by atoms with van der Waals surface area (Å²) in [7, 11) is 0. The molecule has 0 aliphatic heterocycles. The van der Waals surface area contributed by atoms with Crippen molar-refractivity contribution in [1.29, 1.82) is 0 Å². The Balaban J connectivity index is 2.16. The highest BCUT2D eigenvalue weighted by molar-refractivity contribution is 9.10. The summed E-state index contributed by atoms with van der Waals surface area (Å²) in [6, 6.07) is 7.96. The minimum atomic E-state index is -0.476. The van der Waals surface area contributed by atoms with Gasteiger partial charge in [-0.25, -0.2) is 0 Å². The van der Waals surface area contributed by atoms with Crippen LogP contribution < -0.4 is 10.5 Å². The van der Waals surface area contributed by atoms with E-state index in [-0.39, 0.29) is 12.3 Å². The maximum Gasteiger partial charge on any atom is 0.287 e. The number of hydrogen-bond donors (Lipinski definition) is 1. The number of rotatable bonds is 4. The van der Waals surface area contributed by atoms with Crippen LogP contribution in [0.5, 0.6) is 5.75 Å². The summed E-state index contributed by atoms with van der Waals surface area (Å²) in [5, 5.41) is 10.8. The number of nitro benzene ring substituents is 1. The van der Waals surface area contributed by atoms with Crippen molar-refractivity contribution in [3.05, 3.63) is 56.8 Å². The first kappa shape index (κ1) is 13.3. The normalized spacial score (nSPS) is 10.2. The van der Waals surface area contributed by atoms with Crippen molar-refractivity contribution in [2.45, 2.75) is 6.61 Å². The molecule has 0 spiro atoms. The van der Waals surface area contributed by atoms with Gasteiger partial charge in [0.2, 0.25) is 0 Å². The molecule has 0 radical (unpaired) electrons. The number of ether oxygens (including phenoxy) is 1. The van der Waals surface area contributed by atoms with E-state index in [2.05, 4.69) is 20.9 Å². The molecule has 0 saturated heterocycles. The number of halogens is 1. The number of nitrogens with zero attached hydrogens (tertiary/aromatic N) is 2. The molecular formula is C12H10BrN3O3. The fourth-order valence-electron chi connectivity index (χ4n) is 1.48. The number of nitro groups is 1. The van der Waals surface area contributed by atoms with Gasteiger partial charge < -0.3 is 10.5 Å². The second kappa shape index (κ2) is 5.66. The van der Waals surface area contributed by atoms with E-state index in [0.29, 0.717) is 21.6 Å². The summed E-state index contributed by atoms with van der Waals surface area (Å²) in [6.45, 7) is 0.185. The number of aromatic nitrogens is 1. The van der Waals surface area contributed by atoms with Crippen LogP contribution in [0.15, 0.2) is 41.0 Å². The zero-order valence-electron chi connectivity index (χ0n) is 9.75. The average molecular weight is 324 g/mol. The number of nitrogen functional groups attached to an aromatic ring is 1. The number of pyridine rings is 1. The van der Waals surface area contributed by atoms with Gasteiger partial charge in [0.05, 0.1) is 10.6 Å². The van der Waals surface area contributed by atoms with Gasteiger partial charge in [0.1, 0.15) is 16.8 Å². The molecule has 2 rings (SSSR count). The molecule has 1 aromatic heterocycles. The second-order valence-electron chi connectivity index (χ2n) is 3.72. The van der Waals surface area contributed by atoms with E-state index in [0.717, 1.165) is 0 Å². The fourth-order valence-corrected chi connectivity index (χ4v) is 2.00. The third-order valence-electron chi connectivity index (χ3n) is 2.36. The van der Waals surface area contributed by atoms with E-state index >= 15 is 0 Å². The summed E-state index contributed by atoms with van der Waals surface area (Å²) in [5.41, 5.74) is 6.82. The van der Waals surface area contributed by atoms with Crippen LogP contribution in [0.3, 0.4) is 0 Å². The maximum atomic E-state index is 10.8. The SMILES string of the molecule is Nc1ccnc(COc2cccc([N+](=O)[O-])c2Br)c1. The van der Waals surface area contributed by atoms with Crippen molar-refractivity contribution in [3.8, 4) is 5.75 Å². The van der Waals surface area contributed by atoms with Crippen molar-refractivity contribution in [1.82, 2.24) is 4.98 Å². The summed E-state index contributed by atoms with van der Waals surface area (Å²) in [5.74, 6) is 0.387. The molecule has 0 aliphatic rings. The monoisotopic (exact) mass is 323 g/mol. The van der Waals surface area contributed by atoms with Crippen LogP contribution in [0.1, 0.15) is 5.69 Å². The van der Waals surface area contributed by atoms with Gasteiger partial charge >= 0.3 is 0 Å². The first-order chi connectivity index (χ1) is 9.08. The molecule has 19 heavy (non-hydrogen) atoms. The predicted molar refractivity (Wildman–Crippen MR) is 73.8 cm³/mol. The smallest absolute Gasteiger partial charge is 0.287 e. The first-order valence-corrected chi connectivity index (χ1v) is 6.13.